The number of nitrogens with one attached hydrogen (secondary N) is 1. The number of nitrogens with two attached hydrogens (primary N) is 1. The summed E-state index contributed by atoms with van der Waals surface area (Å²) in [5.41, 5.74) is 5.08. The maximum absolute atomic E-state index is 8.87. The molecule has 0 aromatic carbocycles. The Morgan fingerprint density at radius 1 is 1.33 bits per heavy atom. The largest absolute Gasteiger partial charge is 0.378 e. The Morgan fingerprint density at radius 2 is 1.83 bits per heavy atom. The van der Waals surface area contributed by atoms with Crippen LogP contribution in [0.25, 0.3) is 0 Å². The van der Waals surface area contributed by atoms with E-state index in [9.17, 15) is 0 Å². The van der Waals surface area contributed by atoms with E-state index in [1.807, 2.05) is 0 Å². The first-order valence-electron chi connectivity index (χ1n) is 3.24. The second-order valence-corrected chi connectivity index (χ2v) is 2.24. The van der Waals surface area contributed by atoms with Crippen LogP contribution >= 0.6 is 0 Å². The van der Waals surface area contributed by atoms with Crippen LogP contribution in [-0.2, 0) is 0 Å². The van der Waals surface area contributed by atoms with E-state index in [0.717, 1.165) is 0 Å². The first-order valence-corrected chi connectivity index (χ1v) is 3.24. The smallest absolute Gasteiger partial charge is 0.279 e. The van der Waals surface area contributed by atoms with Crippen LogP contribution in [0.15, 0.2) is 0 Å². The van der Waals surface area contributed by atoms with Crippen LogP contribution < -0.4 is 11.1 Å². The molecule has 12 heavy (non-hydrogen) atoms. The fourth-order valence-corrected chi connectivity index (χ4v) is 0.582. The molecule has 1 atom stereocenters. The van der Waals surface area contributed by atoms with Crippen molar-refractivity contribution >= 4 is 0 Å². The number of aliphatic hydroxyl groups is 4. The zero-order valence-electron chi connectivity index (χ0n) is 6.47. The molecule has 0 saturated heterocycles. The van der Waals surface area contributed by atoms with Crippen molar-refractivity contribution in [2.45, 2.75) is 18.6 Å². The van der Waals surface area contributed by atoms with Gasteiger partial charge in [-0.3, -0.25) is 10.0 Å². The fraction of sp³-hybridized carbons (Fsp3) is 1.00. The van der Waals surface area contributed by atoms with Gasteiger partial charge >= 0.3 is 0 Å². The Hall–Kier alpha value is -0.310. The van der Waals surface area contributed by atoms with E-state index in [2.05, 4.69) is 5.32 Å². The van der Waals surface area contributed by atoms with Crippen molar-refractivity contribution in [1.29, 1.82) is 0 Å². The van der Waals surface area contributed by atoms with Crippen molar-refractivity contribution in [3.63, 3.8) is 0 Å². The van der Waals surface area contributed by atoms with Gasteiger partial charge in [0.15, 0.2) is 0 Å². The molecule has 0 aromatic heterocycles. The van der Waals surface area contributed by atoms with Gasteiger partial charge in [0.1, 0.15) is 6.23 Å². The zero-order chi connectivity index (χ0) is 8.91. The minimum atomic E-state index is -2.83. The lowest BCUT2D eigenvalue weighted by Gasteiger charge is -2.18. The molecule has 0 radical (unpaired) electrons. The highest BCUT2D eigenvalue weighted by Gasteiger charge is 2.22. The van der Waals surface area contributed by atoms with Crippen molar-refractivity contribution in [1.82, 2.24) is 5.32 Å². The van der Waals surface area contributed by atoms with Crippen molar-refractivity contribution in [2.75, 3.05) is 13.1 Å². The third-order valence-electron chi connectivity index (χ3n) is 0.992. The van der Waals surface area contributed by atoms with Gasteiger partial charge in [0.25, 0.3) is 5.97 Å². The SMILES string of the molecule is F.NCCNC(O)CC(O)(O)O. The number of aliphatic hydroxyl groups excluding tert-OH is 1. The Balaban J connectivity index is 0. The molecule has 0 aliphatic rings. The summed E-state index contributed by atoms with van der Waals surface area (Å²) in [6.07, 6.45) is -1.74. The summed E-state index contributed by atoms with van der Waals surface area (Å²) in [5, 5.41) is 36.4. The molecule has 0 rings (SSSR count). The van der Waals surface area contributed by atoms with Crippen LogP contribution in [0.2, 0.25) is 0 Å². The van der Waals surface area contributed by atoms with Gasteiger partial charge < -0.3 is 26.2 Å². The molecule has 0 heterocycles. The predicted octanol–water partition coefficient (Wildman–Crippen LogP) is -2.97. The average Bonchev–Trinajstić information content (AvgIpc) is 1.79. The summed E-state index contributed by atoms with van der Waals surface area (Å²) in [6, 6.07) is 0. The van der Waals surface area contributed by atoms with E-state index in [1.54, 1.807) is 0 Å². The Morgan fingerprint density at radius 3 is 2.17 bits per heavy atom. The molecule has 0 aromatic rings. The van der Waals surface area contributed by atoms with E-state index in [4.69, 9.17) is 26.2 Å². The number of hydrogen-bond donors (Lipinski definition) is 6. The summed E-state index contributed by atoms with van der Waals surface area (Å²) < 4.78 is 0. The topological polar surface area (TPSA) is 119 Å². The van der Waals surface area contributed by atoms with Crippen molar-refractivity contribution in [2.24, 2.45) is 5.73 Å². The van der Waals surface area contributed by atoms with Crippen LogP contribution in [0.4, 0.5) is 4.70 Å². The van der Waals surface area contributed by atoms with E-state index < -0.39 is 18.6 Å². The molecular formula is C5H15FN2O4. The van der Waals surface area contributed by atoms with Gasteiger partial charge in [-0.25, -0.2) is 0 Å². The van der Waals surface area contributed by atoms with Crippen LogP contribution in [0.5, 0.6) is 0 Å². The molecule has 76 valence electrons. The molecule has 1 unspecified atom stereocenters. The third kappa shape index (κ3) is 9.69. The third-order valence-corrected chi connectivity index (χ3v) is 0.992. The van der Waals surface area contributed by atoms with Gasteiger partial charge in [0, 0.05) is 13.1 Å². The maximum Gasteiger partial charge on any atom is 0.279 e. The van der Waals surface area contributed by atoms with Crippen LogP contribution in [0.1, 0.15) is 6.42 Å². The summed E-state index contributed by atoms with van der Waals surface area (Å²) in [5.74, 6) is -2.83. The lowest BCUT2D eigenvalue weighted by atomic mass is 10.3. The monoisotopic (exact) mass is 186 g/mol. The van der Waals surface area contributed by atoms with Gasteiger partial charge in [-0.15, -0.1) is 0 Å². The van der Waals surface area contributed by atoms with Gasteiger partial charge in [-0.1, -0.05) is 0 Å². The molecule has 6 nitrogen and oxygen atoms in total. The number of halogens is 1. The normalized spacial score (nSPS) is 13.8. The summed E-state index contributed by atoms with van der Waals surface area (Å²) in [6.45, 7) is 0.670. The maximum atomic E-state index is 8.87. The van der Waals surface area contributed by atoms with E-state index in [0.29, 0.717) is 13.1 Å². The van der Waals surface area contributed by atoms with Crippen LogP contribution in [0.3, 0.4) is 0 Å². The predicted molar refractivity (Wildman–Crippen MR) is 39.6 cm³/mol. The lowest BCUT2D eigenvalue weighted by Crippen LogP contribution is -2.41. The van der Waals surface area contributed by atoms with E-state index in [-0.39, 0.29) is 4.70 Å². The molecule has 0 aliphatic heterocycles. The van der Waals surface area contributed by atoms with Crippen LogP contribution in [-0.4, -0.2) is 45.7 Å². The molecular weight excluding hydrogens is 171 g/mol. The second kappa shape index (κ2) is 6.23. The second-order valence-electron chi connectivity index (χ2n) is 2.24. The molecule has 7 heteroatoms. The molecule has 0 saturated carbocycles. The van der Waals surface area contributed by atoms with Crippen LogP contribution in [0, 0.1) is 0 Å². The highest BCUT2D eigenvalue weighted by molar-refractivity contribution is 4.58. The Kier molecular flexibility index (Phi) is 7.39. The van der Waals surface area contributed by atoms with Crippen molar-refractivity contribution < 1.29 is 25.1 Å². The number of hydrogen-bond acceptors (Lipinski definition) is 6. The van der Waals surface area contributed by atoms with Gasteiger partial charge in [0.2, 0.25) is 0 Å². The fourth-order valence-electron chi connectivity index (χ4n) is 0.582. The van der Waals surface area contributed by atoms with Crippen molar-refractivity contribution in [3.05, 3.63) is 0 Å². The highest BCUT2D eigenvalue weighted by Crippen LogP contribution is 2.01. The Labute approximate surface area is 69.0 Å². The van der Waals surface area contributed by atoms with E-state index in [1.165, 1.54) is 0 Å². The Bertz CT molecular complexity index is 108. The van der Waals surface area contributed by atoms with Gasteiger partial charge in [-0.2, -0.15) is 0 Å². The van der Waals surface area contributed by atoms with Gasteiger partial charge in [-0.05, 0) is 0 Å². The standard InChI is InChI=1S/C5H14N2O4.FH/c6-1-2-7-4(8)3-5(9,10)11;/h4,7-11H,1-3,6H2;1H. The molecule has 0 spiro atoms. The first kappa shape index (κ1) is 14.2. The zero-order valence-corrected chi connectivity index (χ0v) is 6.47. The molecule has 0 bridgehead atoms. The molecule has 0 aliphatic carbocycles. The molecule has 0 fully saturated rings. The highest BCUT2D eigenvalue weighted by atomic mass is 19.0. The number of rotatable bonds is 5. The lowest BCUT2D eigenvalue weighted by molar-refractivity contribution is -0.323. The van der Waals surface area contributed by atoms with E-state index >= 15 is 0 Å². The molecule has 0 amide bonds. The average molecular weight is 186 g/mol. The van der Waals surface area contributed by atoms with Gasteiger partial charge in [0.05, 0.1) is 6.42 Å². The summed E-state index contributed by atoms with van der Waals surface area (Å²) >= 11 is 0. The minimum absolute atomic E-state index is 0. The summed E-state index contributed by atoms with van der Waals surface area (Å²) in [7, 11) is 0. The molecule has 7 N–H and O–H groups in total. The summed E-state index contributed by atoms with van der Waals surface area (Å²) in [4.78, 5) is 0. The van der Waals surface area contributed by atoms with Crippen molar-refractivity contribution in [3.8, 4) is 0 Å². The minimum Gasteiger partial charge on any atom is -0.378 e. The first-order chi connectivity index (χ1) is 4.95. The quantitative estimate of drug-likeness (QED) is 0.255.